The number of halogens is 6. The Morgan fingerprint density at radius 1 is 1.07 bits per heavy atom. The Kier molecular flexibility index (Phi) is 8.00. The highest BCUT2D eigenvalue weighted by atomic mass is 19.4. The summed E-state index contributed by atoms with van der Waals surface area (Å²) >= 11 is 0. The van der Waals surface area contributed by atoms with Crippen molar-refractivity contribution in [1.82, 2.24) is 20.1 Å². The Morgan fingerprint density at radius 2 is 1.79 bits per heavy atom. The molecule has 0 spiro atoms. The van der Waals surface area contributed by atoms with Gasteiger partial charge in [0.05, 0.1) is 17.3 Å². The van der Waals surface area contributed by atoms with Crippen LogP contribution in [-0.2, 0) is 36.8 Å². The minimum absolute atomic E-state index is 0.0592. The van der Waals surface area contributed by atoms with E-state index in [-0.39, 0.29) is 41.1 Å². The molecule has 13 heteroatoms. The number of nitrogens with two attached hydrogens (primary N) is 1. The molecule has 0 saturated carbocycles. The van der Waals surface area contributed by atoms with Gasteiger partial charge in [-0.25, -0.2) is 13.2 Å². The van der Waals surface area contributed by atoms with Crippen molar-refractivity contribution >= 4 is 11.8 Å². The van der Waals surface area contributed by atoms with E-state index >= 15 is 0 Å². The Morgan fingerprint density at radius 3 is 2.47 bits per heavy atom. The number of alkyl halides is 3. The Balaban J connectivity index is 1.52. The lowest BCUT2D eigenvalue weighted by atomic mass is 9.94. The second-order valence-electron chi connectivity index (χ2n) is 10.5. The zero-order chi connectivity index (χ0) is 31.1. The van der Waals surface area contributed by atoms with Gasteiger partial charge in [-0.3, -0.25) is 19.3 Å². The monoisotopic (exact) mass is 601 g/mol. The average molecular weight is 602 g/mol. The fraction of sp³-hybridized carbons (Fsp3) is 0.267. The molecule has 1 aliphatic carbocycles. The van der Waals surface area contributed by atoms with Crippen LogP contribution < -0.4 is 11.1 Å². The number of carbonyl (C=O) groups is 2. The maximum absolute atomic E-state index is 14.2. The summed E-state index contributed by atoms with van der Waals surface area (Å²) in [6, 6.07) is 8.54. The van der Waals surface area contributed by atoms with Crippen molar-refractivity contribution < 1.29 is 35.9 Å². The first kappa shape index (κ1) is 29.8. The van der Waals surface area contributed by atoms with Gasteiger partial charge >= 0.3 is 6.18 Å². The van der Waals surface area contributed by atoms with Crippen molar-refractivity contribution in [3.8, 4) is 11.1 Å². The summed E-state index contributed by atoms with van der Waals surface area (Å²) < 4.78 is 84.4. The highest BCUT2D eigenvalue weighted by Crippen LogP contribution is 2.38. The number of pyridine rings is 1. The topological polar surface area (TPSA) is 103 Å². The van der Waals surface area contributed by atoms with Gasteiger partial charge in [0.15, 0.2) is 5.69 Å². The third-order valence-corrected chi connectivity index (χ3v) is 7.23. The standard InChI is InChI=1S/C30H25F6N5O2/c1-15-7-22-25(8-15)41(40-28(22)30(34,35)36)14-26(42)39-24(11-16-9-18(31)13-19(32)10-16)27-20(3-2-6-38-27)17-4-5-23(33)21(12-17)29(37)43/h2-6,9-10,12-13,15,24H,7-8,11,14H2,1H3,(H2,37,43)(H,39,42)/t15?,24-/m0/s1. The number of primary amides is 1. The minimum Gasteiger partial charge on any atom is -0.366 e. The first-order valence-electron chi connectivity index (χ1n) is 13.2. The number of rotatable bonds is 8. The lowest BCUT2D eigenvalue weighted by Crippen LogP contribution is -2.34. The maximum atomic E-state index is 14.2. The zero-order valence-electron chi connectivity index (χ0n) is 22.7. The van der Waals surface area contributed by atoms with Crippen molar-refractivity contribution in [1.29, 1.82) is 0 Å². The predicted molar refractivity (Wildman–Crippen MR) is 143 cm³/mol. The van der Waals surface area contributed by atoms with E-state index in [0.717, 1.165) is 22.9 Å². The lowest BCUT2D eigenvalue weighted by molar-refractivity contribution is -0.142. The molecule has 7 nitrogen and oxygen atoms in total. The van der Waals surface area contributed by atoms with Gasteiger partial charge in [0, 0.05) is 29.1 Å². The molecule has 2 amide bonds. The van der Waals surface area contributed by atoms with Crippen LogP contribution in [0.15, 0.2) is 54.7 Å². The fourth-order valence-electron chi connectivity index (χ4n) is 5.46. The molecule has 2 atom stereocenters. The zero-order valence-corrected chi connectivity index (χ0v) is 22.7. The SMILES string of the molecule is CC1Cc2c(C(F)(F)F)nn(CC(=O)N[C@@H](Cc3cc(F)cc(F)c3)c3ncccc3-c3ccc(F)c(C(N)=O)c3)c2C1. The van der Waals surface area contributed by atoms with Gasteiger partial charge < -0.3 is 11.1 Å². The van der Waals surface area contributed by atoms with Crippen LogP contribution in [0.2, 0.25) is 0 Å². The van der Waals surface area contributed by atoms with E-state index in [9.17, 15) is 35.9 Å². The molecule has 4 aromatic rings. The van der Waals surface area contributed by atoms with Gasteiger partial charge in [-0.05, 0) is 66.6 Å². The van der Waals surface area contributed by atoms with E-state index < -0.39 is 53.7 Å². The van der Waals surface area contributed by atoms with Crippen LogP contribution in [-0.4, -0.2) is 26.6 Å². The van der Waals surface area contributed by atoms with Crippen LogP contribution in [0, 0.1) is 23.4 Å². The summed E-state index contributed by atoms with van der Waals surface area (Å²) in [6.45, 7) is 1.25. The molecular weight excluding hydrogens is 576 g/mol. The number of fused-ring (bicyclic) bond motifs is 1. The molecule has 0 bridgehead atoms. The summed E-state index contributed by atoms with van der Waals surface area (Å²) in [4.78, 5) is 29.5. The van der Waals surface area contributed by atoms with E-state index in [4.69, 9.17) is 5.73 Å². The first-order chi connectivity index (χ1) is 20.3. The molecular formula is C30H25F6N5O2. The van der Waals surface area contributed by atoms with Crippen molar-refractivity contribution in [3.05, 3.63) is 106 Å². The third-order valence-electron chi connectivity index (χ3n) is 7.23. The highest BCUT2D eigenvalue weighted by Gasteiger charge is 2.41. The van der Waals surface area contributed by atoms with Gasteiger partial charge in [0.2, 0.25) is 5.91 Å². The van der Waals surface area contributed by atoms with Gasteiger partial charge in [-0.15, -0.1) is 0 Å². The number of amides is 2. The van der Waals surface area contributed by atoms with Gasteiger partial charge in [-0.1, -0.05) is 19.1 Å². The number of hydrogen-bond donors (Lipinski definition) is 2. The largest absolute Gasteiger partial charge is 0.435 e. The highest BCUT2D eigenvalue weighted by molar-refractivity contribution is 5.94. The van der Waals surface area contributed by atoms with Crippen LogP contribution in [0.4, 0.5) is 26.3 Å². The van der Waals surface area contributed by atoms with Crippen molar-refractivity contribution in [2.75, 3.05) is 0 Å². The van der Waals surface area contributed by atoms with Crippen molar-refractivity contribution in [3.63, 3.8) is 0 Å². The molecule has 2 aromatic carbocycles. The number of aromatic nitrogens is 3. The second-order valence-corrected chi connectivity index (χ2v) is 10.5. The van der Waals surface area contributed by atoms with Gasteiger partial charge in [0.1, 0.15) is 24.0 Å². The molecule has 224 valence electrons. The lowest BCUT2D eigenvalue weighted by Gasteiger charge is -2.22. The Hall–Kier alpha value is -4.68. The van der Waals surface area contributed by atoms with E-state index in [1.54, 1.807) is 19.1 Å². The van der Waals surface area contributed by atoms with Gasteiger partial charge in [0.25, 0.3) is 5.91 Å². The fourth-order valence-corrected chi connectivity index (χ4v) is 5.46. The molecule has 5 rings (SSSR count). The molecule has 0 radical (unpaired) electrons. The van der Waals surface area contributed by atoms with E-state index in [1.807, 2.05) is 0 Å². The van der Waals surface area contributed by atoms with Crippen molar-refractivity contribution in [2.24, 2.45) is 11.7 Å². The van der Waals surface area contributed by atoms with Gasteiger partial charge in [-0.2, -0.15) is 18.3 Å². The van der Waals surface area contributed by atoms with Crippen LogP contribution in [0.25, 0.3) is 11.1 Å². The molecule has 2 heterocycles. The summed E-state index contributed by atoms with van der Waals surface area (Å²) in [7, 11) is 0. The molecule has 3 N–H and O–H groups in total. The summed E-state index contributed by atoms with van der Waals surface area (Å²) in [6.07, 6.45) is -2.96. The van der Waals surface area contributed by atoms with Crippen LogP contribution in [0.1, 0.15) is 51.5 Å². The van der Waals surface area contributed by atoms with Crippen LogP contribution in [0.5, 0.6) is 0 Å². The first-order valence-corrected chi connectivity index (χ1v) is 13.2. The van der Waals surface area contributed by atoms with E-state index in [1.165, 1.54) is 18.3 Å². The molecule has 1 aliphatic rings. The quantitative estimate of drug-likeness (QED) is 0.267. The van der Waals surface area contributed by atoms with E-state index in [2.05, 4.69) is 15.4 Å². The van der Waals surface area contributed by atoms with Crippen LogP contribution in [0.3, 0.4) is 0 Å². The summed E-state index contributed by atoms with van der Waals surface area (Å²) in [5, 5.41) is 6.43. The number of benzene rings is 2. The average Bonchev–Trinajstić information content (AvgIpc) is 3.45. The number of nitrogens with zero attached hydrogens (tertiary/aromatic N) is 3. The summed E-state index contributed by atoms with van der Waals surface area (Å²) in [5.74, 6) is -4.35. The van der Waals surface area contributed by atoms with Crippen molar-refractivity contribution in [2.45, 2.75) is 44.9 Å². The Labute approximate surface area is 241 Å². The van der Waals surface area contributed by atoms with Crippen LogP contribution >= 0.6 is 0 Å². The predicted octanol–water partition coefficient (Wildman–Crippen LogP) is 5.32. The molecule has 43 heavy (non-hydrogen) atoms. The maximum Gasteiger partial charge on any atom is 0.435 e. The molecule has 0 fully saturated rings. The minimum atomic E-state index is -4.69. The number of hydrogen-bond acceptors (Lipinski definition) is 4. The summed E-state index contributed by atoms with van der Waals surface area (Å²) in [5.41, 5.74) is 5.29. The molecule has 1 unspecified atom stereocenters. The third kappa shape index (κ3) is 6.40. The molecule has 0 aliphatic heterocycles. The smallest absolute Gasteiger partial charge is 0.366 e. The molecule has 2 aromatic heterocycles. The number of nitrogens with one attached hydrogen (secondary N) is 1. The van der Waals surface area contributed by atoms with E-state index in [0.29, 0.717) is 29.3 Å². The Bertz CT molecular complexity index is 1700. The normalized spacial score (nSPS) is 15.3. The number of carbonyl (C=O) groups excluding carboxylic acids is 2. The molecule has 0 saturated heterocycles. The second kappa shape index (κ2) is 11.5.